The molecule has 2 aliphatic carbocycles. The van der Waals surface area contributed by atoms with E-state index in [2.05, 4.69) is 15.1 Å². The predicted molar refractivity (Wildman–Crippen MR) is 119 cm³/mol. The van der Waals surface area contributed by atoms with Gasteiger partial charge in [0.1, 0.15) is 0 Å². The van der Waals surface area contributed by atoms with Gasteiger partial charge in [0.2, 0.25) is 0 Å². The van der Waals surface area contributed by atoms with E-state index in [9.17, 15) is 4.79 Å². The molecule has 30 heavy (non-hydrogen) atoms. The van der Waals surface area contributed by atoms with Crippen LogP contribution in [0.15, 0.2) is 30.5 Å². The second kappa shape index (κ2) is 7.47. The molecule has 3 aromatic rings. The van der Waals surface area contributed by atoms with Crippen LogP contribution in [0.5, 0.6) is 0 Å². The summed E-state index contributed by atoms with van der Waals surface area (Å²) in [5.74, 6) is 0.124. The molecule has 5 rings (SSSR count). The lowest BCUT2D eigenvalue weighted by Gasteiger charge is -2.34. The molecule has 156 valence electrons. The Labute approximate surface area is 186 Å². The Morgan fingerprint density at radius 2 is 1.97 bits per heavy atom. The number of hydrogen-bond donors (Lipinski definition) is 1. The lowest BCUT2D eigenvalue weighted by atomic mass is 9.92. The third-order valence-corrected chi connectivity index (χ3v) is 6.91. The first-order valence-corrected chi connectivity index (χ1v) is 11.2. The number of nitrogens with zero attached hydrogens (tertiary/aromatic N) is 3. The number of aryl methyl sites for hydroxylation is 2. The first-order chi connectivity index (χ1) is 14.4. The van der Waals surface area contributed by atoms with Crippen molar-refractivity contribution in [1.82, 2.24) is 19.7 Å². The van der Waals surface area contributed by atoms with Gasteiger partial charge in [-0.2, -0.15) is 5.10 Å². The number of H-pyrrole nitrogens is 1. The lowest BCUT2D eigenvalue weighted by molar-refractivity contribution is 0.0642. The van der Waals surface area contributed by atoms with Gasteiger partial charge in [-0.15, -0.1) is 0 Å². The summed E-state index contributed by atoms with van der Waals surface area (Å²) in [5.41, 5.74) is 5.94. The fourth-order valence-electron chi connectivity index (χ4n) is 4.77. The van der Waals surface area contributed by atoms with Gasteiger partial charge in [-0.05, 0) is 75.8 Å². The molecule has 5 nitrogen and oxygen atoms in total. The minimum absolute atomic E-state index is 0.124. The zero-order valence-corrected chi connectivity index (χ0v) is 18.6. The van der Waals surface area contributed by atoms with Gasteiger partial charge in [-0.3, -0.25) is 9.89 Å². The lowest BCUT2D eigenvalue weighted by Crippen LogP contribution is -2.45. The summed E-state index contributed by atoms with van der Waals surface area (Å²) in [6, 6.07) is 8.02. The van der Waals surface area contributed by atoms with E-state index < -0.39 is 0 Å². The standard InChI is InChI=1S/C23H24Cl2N4O/c1-13-9-19(14(2)28(13)22-8-3-16(24)11-20(22)25)23(30)29(17-4-5-17)18-6-7-21-15(10-18)12-26-27-21/h3,8-9,11-12,17-18H,4-7,10H2,1-2H3,(H,26,27). The summed E-state index contributed by atoms with van der Waals surface area (Å²) < 4.78 is 2.05. The van der Waals surface area contributed by atoms with Gasteiger partial charge < -0.3 is 9.47 Å². The van der Waals surface area contributed by atoms with Crippen LogP contribution < -0.4 is 0 Å². The highest BCUT2D eigenvalue weighted by Crippen LogP contribution is 2.36. The van der Waals surface area contributed by atoms with E-state index in [1.54, 1.807) is 6.07 Å². The van der Waals surface area contributed by atoms with Crippen molar-refractivity contribution < 1.29 is 4.79 Å². The number of rotatable bonds is 4. The monoisotopic (exact) mass is 442 g/mol. The van der Waals surface area contributed by atoms with Crippen molar-refractivity contribution in [3.63, 3.8) is 0 Å². The highest BCUT2D eigenvalue weighted by atomic mass is 35.5. The van der Waals surface area contributed by atoms with Crippen LogP contribution in [0, 0.1) is 13.8 Å². The number of aromatic amines is 1. The molecule has 1 N–H and O–H groups in total. The molecular formula is C23H24Cl2N4O. The third-order valence-electron chi connectivity index (χ3n) is 6.37. The smallest absolute Gasteiger partial charge is 0.256 e. The number of fused-ring (bicyclic) bond motifs is 1. The first-order valence-electron chi connectivity index (χ1n) is 10.4. The Balaban J connectivity index is 1.49. The van der Waals surface area contributed by atoms with Crippen LogP contribution in [0.2, 0.25) is 10.0 Å². The van der Waals surface area contributed by atoms with Gasteiger partial charge in [0.25, 0.3) is 5.91 Å². The molecule has 2 heterocycles. The summed E-state index contributed by atoms with van der Waals surface area (Å²) in [6.45, 7) is 4.00. The second-order valence-electron chi connectivity index (χ2n) is 8.43. The number of benzene rings is 1. The molecule has 1 fully saturated rings. The Morgan fingerprint density at radius 1 is 1.17 bits per heavy atom. The maximum Gasteiger partial charge on any atom is 0.256 e. The molecular weight excluding hydrogens is 419 g/mol. The quantitative estimate of drug-likeness (QED) is 0.596. The number of carbonyl (C=O) groups excluding carboxylic acids is 1. The van der Waals surface area contributed by atoms with E-state index >= 15 is 0 Å². The molecule has 0 bridgehead atoms. The normalized spacial score (nSPS) is 18.3. The molecule has 0 saturated heterocycles. The van der Waals surface area contributed by atoms with Crippen LogP contribution in [0.1, 0.15) is 52.3 Å². The highest BCUT2D eigenvalue weighted by molar-refractivity contribution is 6.35. The molecule has 0 radical (unpaired) electrons. The molecule has 2 aliphatic rings. The fourth-order valence-corrected chi connectivity index (χ4v) is 5.26. The summed E-state index contributed by atoms with van der Waals surface area (Å²) in [4.78, 5) is 15.9. The van der Waals surface area contributed by atoms with Crippen LogP contribution in [-0.4, -0.2) is 37.7 Å². The average Bonchev–Trinajstić information content (AvgIpc) is 3.34. The van der Waals surface area contributed by atoms with Crippen LogP contribution >= 0.6 is 23.2 Å². The predicted octanol–water partition coefficient (Wildman–Crippen LogP) is 5.29. The van der Waals surface area contributed by atoms with Gasteiger partial charge in [-0.1, -0.05) is 23.2 Å². The maximum atomic E-state index is 13.8. The highest BCUT2D eigenvalue weighted by Gasteiger charge is 2.40. The van der Waals surface area contributed by atoms with Gasteiger partial charge >= 0.3 is 0 Å². The SMILES string of the molecule is Cc1cc(C(=O)N(C2CC2)C2CCc3[nH]ncc3C2)c(C)n1-c1ccc(Cl)cc1Cl. The van der Waals surface area contributed by atoms with Gasteiger partial charge in [0.05, 0.1) is 22.5 Å². The molecule has 0 spiro atoms. The van der Waals surface area contributed by atoms with Gasteiger partial charge in [0.15, 0.2) is 0 Å². The van der Waals surface area contributed by atoms with E-state index in [4.69, 9.17) is 23.2 Å². The number of amides is 1. The van der Waals surface area contributed by atoms with Crippen molar-refractivity contribution in [2.24, 2.45) is 0 Å². The van der Waals surface area contributed by atoms with Crippen LogP contribution in [0.25, 0.3) is 5.69 Å². The van der Waals surface area contributed by atoms with Crippen LogP contribution in [-0.2, 0) is 12.8 Å². The summed E-state index contributed by atoms with van der Waals surface area (Å²) in [7, 11) is 0. The second-order valence-corrected chi connectivity index (χ2v) is 9.27. The number of aromatic nitrogens is 3. The van der Waals surface area contributed by atoms with Gasteiger partial charge in [-0.25, -0.2) is 0 Å². The molecule has 1 saturated carbocycles. The van der Waals surface area contributed by atoms with Crippen molar-refractivity contribution in [1.29, 1.82) is 0 Å². The molecule has 1 aromatic carbocycles. The maximum absolute atomic E-state index is 13.8. The van der Waals surface area contributed by atoms with E-state index in [-0.39, 0.29) is 11.9 Å². The Bertz CT molecular complexity index is 1130. The Morgan fingerprint density at radius 3 is 2.70 bits per heavy atom. The van der Waals surface area contributed by atoms with E-state index in [0.717, 1.165) is 54.7 Å². The van der Waals surface area contributed by atoms with E-state index in [1.165, 1.54) is 11.3 Å². The van der Waals surface area contributed by atoms with Crippen molar-refractivity contribution in [3.05, 3.63) is 68.7 Å². The summed E-state index contributed by atoms with van der Waals surface area (Å²) in [6.07, 6.45) is 6.86. The molecule has 1 unspecified atom stereocenters. The van der Waals surface area contributed by atoms with Crippen LogP contribution in [0.3, 0.4) is 0 Å². The number of carbonyl (C=O) groups is 1. The van der Waals surface area contributed by atoms with E-state index in [1.807, 2.05) is 42.8 Å². The molecule has 7 heteroatoms. The average molecular weight is 443 g/mol. The summed E-state index contributed by atoms with van der Waals surface area (Å²) >= 11 is 12.5. The molecule has 1 amide bonds. The van der Waals surface area contributed by atoms with Crippen molar-refractivity contribution >= 4 is 29.1 Å². The van der Waals surface area contributed by atoms with Crippen molar-refractivity contribution in [2.45, 2.75) is 58.0 Å². The van der Waals surface area contributed by atoms with Crippen molar-refractivity contribution in [3.8, 4) is 5.69 Å². The zero-order chi connectivity index (χ0) is 21.0. The molecule has 1 atom stereocenters. The topological polar surface area (TPSA) is 53.9 Å². The summed E-state index contributed by atoms with van der Waals surface area (Å²) in [5, 5.41) is 8.44. The molecule has 2 aromatic heterocycles. The Kier molecular flexibility index (Phi) is 4.91. The van der Waals surface area contributed by atoms with Crippen molar-refractivity contribution in [2.75, 3.05) is 0 Å². The number of hydrogen-bond acceptors (Lipinski definition) is 2. The zero-order valence-electron chi connectivity index (χ0n) is 17.1. The fraction of sp³-hybridized carbons (Fsp3) is 0.391. The number of nitrogens with one attached hydrogen (secondary N) is 1. The van der Waals surface area contributed by atoms with E-state index in [0.29, 0.717) is 16.1 Å². The largest absolute Gasteiger partial charge is 0.332 e. The Hall–Kier alpha value is -2.24. The van der Waals surface area contributed by atoms with Crippen LogP contribution in [0.4, 0.5) is 0 Å². The molecule has 0 aliphatic heterocycles. The first kappa shape index (κ1) is 19.7. The minimum atomic E-state index is 0.124. The number of halogens is 2. The van der Waals surface area contributed by atoms with Gasteiger partial charge in [0, 0.05) is 34.2 Å². The minimum Gasteiger partial charge on any atom is -0.332 e. The third kappa shape index (κ3) is 3.34.